The van der Waals surface area contributed by atoms with Crippen LogP contribution in [-0.2, 0) is 0 Å². The molecule has 2 aromatic heterocycles. The van der Waals surface area contributed by atoms with E-state index in [0.29, 0.717) is 23.4 Å². The molecule has 26 heavy (non-hydrogen) atoms. The third-order valence-corrected chi connectivity index (χ3v) is 4.33. The summed E-state index contributed by atoms with van der Waals surface area (Å²) >= 11 is 0. The third-order valence-electron chi connectivity index (χ3n) is 4.33. The molecule has 1 fully saturated rings. The van der Waals surface area contributed by atoms with Gasteiger partial charge in [0.25, 0.3) is 0 Å². The molecule has 134 valence electrons. The highest BCUT2D eigenvalue weighted by atomic mass is 19.1. The molecular weight excluding hydrogens is 338 g/mol. The van der Waals surface area contributed by atoms with Crippen molar-refractivity contribution in [3.8, 4) is 0 Å². The number of nitrogens with one attached hydrogen (secondary N) is 3. The number of benzene rings is 1. The number of aromatic amines is 1. The van der Waals surface area contributed by atoms with E-state index >= 15 is 0 Å². The first-order valence-electron chi connectivity index (χ1n) is 8.44. The second-order valence-corrected chi connectivity index (χ2v) is 6.43. The molecule has 0 saturated heterocycles. The molecule has 0 spiro atoms. The van der Waals surface area contributed by atoms with E-state index in [1.807, 2.05) is 6.07 Å². The minimum atomic E-state index is -0.481. The standard InChI is InChI=1S/C18H18F2N6/c1-10(13-6-12(19)4-5-14(13)20)23-16-8-17(22-9-21-16)24-18-7-15(25-26-18)11-2-3-11/h4-11H,2-3H2,1H3,(H3,21,22,23,24,25,26). The minimum absolute atomic E-state index is 0.236. The zero-order chi connectivity index (χ0) is 18.1. The molecule has 2 heterocycles. The first-order valence-corrected chi connectivity index (χ1v) is 8.44. The number of nitrogens with zero attached hydrogens (tertiary/aromatic N) is 3. The Morgan fingerprint density at radius 1 is 1.08 bits per heavy atom. The van der Waals surface area contributed by atoms with Gasteiger partial charge in [-0.1, -0.05) is 0 Å². The maximum atomic E-state index is 13.9. The van der Waals surface area contributed by atoms with Crippen molar-refractivity contribution in [1.82, 2.24) is 20.2 Å². The molecule has 0 aliphatic heterocycles. The molecule has 0 amide bonds. The fourth-order valence-electron chi connectivity index (χ4n) is 2.79. The highest BCUT2D eigenvalue weighted by Crippen LogP contribution is 2.39. The average Bonchev–Trinajstić information content (AvgIpc) is 3.37. The van der Waals surface area contributed by atoms with Crippen molar-refractivity contribution >= 4 is 17.5 Å². The molecule has 1 aliphatic carbocycles. The molecule has 1 aromatic carbocycles. The van der Waals surface area contributed by atoms with Gasteiger partial charge in [-0.2, -0.15) is 5.10 Å². The van der Waals surface area contributed by atoms with Crippen LogP contribution in [-0.4, -0.2) is 20.2 Å². The number of hydrogen-bond donors (Lipinski definition) is 3. The lowest BCUT2D eigenvalue weighted by atomic mass is 10.1. The summed E-state index contributed by atoms with van der Waals surface area (Å²) in [6.45, 7) is 1.74. The van der Waals surface area contributed by atoms with E-state index in [1.54, 1.807) is 13.0 Å². The van der Waals surface area contributed by atoms with Gasteiger partial charge in [0.15, 0.2) is 5.82 Å². The quantitative estimate of drug-likeness (QED) is 0.615. The van der Waals surface area contributed by atoms with Crippen molar-refractivity contribution in [1.29, 1.82) is 0 Å². The molecule has 1 atom stereocenters. The molecule has 8 heteroatoms. The van der Waals surface area contributed by atoms with Gasteiger partial charge in [-0.15, -0.1) is 0 Å². The second kappa shape index (κ2) is 6.70. The molecule has 6 nitrogen and oxygen atoms in total. The maximum absolute atomic E-state index is 13.9. The smallest absolute Gasteiger partial charge is 0.153 e. The van der Waals surface area contributed by atoms with Gasteiger partial charge >= 0.3 is 0 Å². The Morgan fingerprint density at radius 3 is 2.69 bits per heavy atom. The Kier molecular flexibility index (Phi) is 4.24. The van der Waals surface area contributed by atoms with Crippen LogP contribution in [0.2, 0.25) is 0 Å². The summed E-state index contributed by atoms with van der Waals surface area (Å²) in [5.74, 6) is 1.37. The Bertz CT molecular complexity index is 922. The third kappa shape index (κ3) is 3.63. The number of hydrogen-bond acceptors (Lipinski definition) is 5. The molecule has 0 radical (unpaired) electrons. The van der Waals surface area contributed by atoms with Crippen LogP contribution < -0.4 is 10.6 Å². The van der Waals surface area contributed by atoms with E-state index in [0.717, 1.165) is 17.8 Å². The van der Waals surface area contributed by atoms with E-state index in [4.69, 9.17) is 0 Å². The number of halogens is 2. The van der Waals surface area contributed by atoms with Gasteiger partial charge in [0.2, 0.25) is 0 Å². The molecule has 0 bridgehead atoms. The van der Waals surface area contributed by atoms with Crippen LogP contribution in [0, 0.1) is 11.6 Å². The molecule has 4 rings (SSSR count). The van der Waals surface area contributed by atoms with Gasteiger partial charge in [0, 0.05) is 29.3 Å². The minimum Gasteiger partial charge on any atom is -0.363 e. The van der Waals surface area contributed by atoms with Crippen LogP contribution in [0.3, 0.4) is 0 Å². The van der Waals surface area contributed by atoms with Crippen LogP contribution in [0.25, 0.3) is 0 Å². The summed E-state index contributed by atoms with van der Waals surface area (Å²) in [6, 6.07) is 6.59. The molecule has 1 saturated carbocycles. The van der Waals surface area contributed by atoms with Crippen LogP contribution in [0.1, 0.15) is 43.0 Å². The van der Waals surface area contributed by atoms with E-state index in [2.05, 4.69) is 30.8 Å². The van der Waals surface area contributed by atoms with Crippen LogP contribution in [0.15, 0.2) is 36.7 Å². The van der Waals surface area contributed by atoms with Crippen molar-refractivity contribution in [2.24, 2.45) is 0 Å². The van der Waals surface area contributed by atoms with Crippen molar-refractivity contribution < 1.29 is 8.78 Å². The van der Waals surface area contributed by atoms with Gasteiger partial charge < -0.3 is 10.6 Å². The number of H-pyrrole nitrogens is 1. The first kappa shape index (κ1) is 16.4. The Labute approximate surface area is 149 Å². The fourth-order valence-corrected chi connectivity index (χ4v) is 2.79. The summed E-state index contributed by atoms with van der Waals surface area (Å²) in [5.41, 5.74) is 1.36. The predicted molar refractivity (Wildman–Crippen MR) is 94.3 cm³/mol. The molecule has 3 N–H and O–H groups in total. The lowest BCUT2D eigenvalue weighted by molar-refractivity contribution is 0.577. The molecule has 1 unspecified atom stereocenters. The van der Waals surface area contributed by atoms with E-state index in [-0.39, 0.29) is 5.56 Å². The Hall–Kier alpha value is -3.03. The normalized spacial score (nSPS) is 14.9. The van der Waals surface area contributed by atoms with Gasteiger partial charge in [-0.25, -0.2) is 18.7 Å². The second-order valence-electron chi connectivity index (χ2n) is 6.43. The maximum Gasteiger partial charge on any atom is 0.153 e. The van der Waals surface area contributed by atoms with Crippen LogP contribution in [0.4, 0.5) is 26.2 Å². The number of aromatic nitrogens is 4. The van der Waals surface area contributed by atoms with E-state index < -0.39 is 17.7 Å². The van der Waals surface area contributed by atoms with Crippen molar-refractivity contribution in [2.75, 3.05) is 10.6 Å². The summed E-state index contributed by atoms with van der Waals surface area (Å²) in [7, 11) is 0. The number of anilines is 3. The monoisotopic (exact) mass is 356 g/mol. The van der Waals surface area contributed by atoms with Crippen molar-refractivity contribution in [3.63, 3.8) is 0 Å². The molecular formula is C18H18F2N6. The SMILES string of the molecule is CC(Nc1cc(Nc2cc(C3CC3)[nH]n2)ncn1)c1cc(F)ccc1F. The summed E-state index contributed by atoms with van der Waals surface area (Å²) in [6.07, 6.45) is 3.78. The molecule has 1 aliphatic rings. The number of rotatable bonds is 6. The average molecular weight is 356 g/mol. The van der Waals surface area contributed by atoms with Gasteiger partial charge in [-0.3, -0.25) is 5.10 Å². The predicted octanol–water partition coefficient (Wildman–Crippen LogP) is 4.27. The van der Waals surface area contributed by atoms with E-state index in [1.165, 1.54) is 25.2 Å². The van der Waals surface area contributed by atoms with Gasteiger partial charge in [0.05, 0.1) is 6.04 Å². The van der Waals surface area contributed by atoms with Gasteiger partial charge in [0.1, 0.15) is 29.6 Å². The lowest BCUT2D eigenvalue weighted by Crippen LogP contribution is -2.10. The van der Waals surface area contributed by atoms with Crippen LogP contribution in [0.5, 0.6) is 0 Å². The lowest BCUT2D eigenvalue weighted by Gasteiger charge is -2.16. The largest absolute Gasteiger partial charge is 0.363 e. The summed E-state index contributed by atoms with van der Waals surface area (Å²) in [5, 5.41) is 13.4. The van der Waals surface area contributed by atoms with Crippen molar-refractivity contribution in [2.45, 2.75) is 31.7 Å². The zero-order valence-electron chi connectivity index (χ0n) is 14.1. The first-order chi connectivity index (χ1) is 12.6. The Balaban J connectivity index is 1.47. The summed E-state index contributed by atoms with van der Waals surface area (Å²) in [4.78, 5) is 8.30. The zero-order valence-corrected chi connectivity index (χ0v) is 14.1. The van der Waals surface area contributed by atoms with Crippen LogP contribution >= 0.6 is 0 Å². The topological polar surface area (TPSA) is 78.5 Å². The fraction of sp³-hybridized carbons (Fsp3) is 0.278. The highest BCUT2D eigenvalue weighted by molar-refractivity contribution is 5.56. The van der Waals surface area contributed by atoms with Crippen molar-refractivity contribution in [3.05, 3.63) is 59.6 Å². The molecule has 3 aromatic rings. The van der Waals surface area contributed by atoms with E-state index in [9.17, 15) is 8.78 Å². The van der Waals surface area contributed by atoms with Gasteiger partial charge in [-0.05, 0) is 38.0 Å². The highest BCUT2D eigenvalue weighted by Gasteiger charge is 2.25. The Morgan fingerprint density at radius 2 is 1.88 bits per heavy atom. The summed E-state index contributed by atoms with van der Waals surface area (Å²) < 4.78 is 27.3.